The monoisotopic (exact) mass is 314 g/mol. The second-order valence-corrected chi connectivity index (χ2v) is 4.14. The predicted octanol–water partition coefficient (Wildman–Crippen LogP) is 2.45. The summed E-state index contributed by atoms with van der Waals surface area (Å²) in [6, 6.07) is 3.63. The van der Waals surface area contributed by atoms with Crippen molar-refractivity contribution in [3.05, 3.63) is 59.3 Å². The standard InChI is InChI=1S/C14H10F4N2O2/c15-8-6-11(18)14(20-7-8)22-5-4-19-13(21)12-9(16)2-1-3-10(12)17/h1-3,6-7H,4-5H2,(H,19,21). The van der Waals surface area contributed by atoms with E-state index in [0.717, 1.165) is 24.4 Å². The van der Waals surface area contributed by atoms with E-state index in [1.54, 1.807) is 0 Å². The SMILES string of the molecule is O=C(NCCOc1ncc(F)cc1F)c1c(F)cccc1F. The number of pyridine rings is 1. The van der Waals surface area contributed by atoms with Gasteiger partial charge in [-0.05, 0) is 12.1 Å². The zero-order chi connectivity index (χ0) is 16.1. The molecule has 2 aromatic rings. The minimum Gasteiger partial charge on any atom is -0.474 e. The number of carbonyl (C=O) groups is 1. The van der Waals surface area contributed by atoms with Crippen LogP contribution in [0.2, 0.25) is 0 Å². The number of hydrogen-bond acceptors (Lipinski definition) is 3. The number of carbonyl (C=O) groups excluding carboxylic acids is 1. The molecule has 22 heavy (non-hydrogen) atoms. The van der Waals surface area contributed by atoms with E-state index in [0.29, 0.717) is 6.07 Å². The van der Waals surface area contributed by atoms with Crippen molar-refractivity contribution in [2.24, 2.45) is 0 Å². The van der Waals surface area contributed by atoms with Gasteiger partial charge in [0.25, 0.3) is 11.8 Å². The summed E-state index contributed by atoms with van der Waals surface area (Å²) in [7, 11) is 0. The fourth-order valence-corrected chi connectivity index (χ4v) is 1.62. The number of amides is 1. The van der Waals surface area contributed by atoms with E-state index in [-0.39, 0.29) is 13.2 Å². The first kappa shape index (κ1) is 15.7. The van der Waals surface area contributed by atoms with Gasteiger partial charge in [-0.25, -0.2) is 22.5 Å². The Hall–Kier alpha value is -2.64. The number of aromatic nitrogens is 1. The van der Waals surface area contributed by atoms with Crippen LogP contribution < -0.4 is 10.1 Å². The minimum absolute atomic E-state index is 0.148. The maximum absolute atomic E-state index is 13.3. The number of halogens is 4. The molecule has 1 amide bonds. The van der Waals surface area contributed by atoms with Gasteiger partial charge in [0, 0.05) is 6.07 Å². The molecule has 2 rings (SSSR count). The van der Waals surface area contributed by atoms with Gasteiger partial charge in [0.15, 0.2) is 5.82 Å². The van der Waals surface area contributed by atoms with Crippen molar-refractivity contribution in [3.63, 3.8) is 0 Å². The molecule has 0 unspecified atom stereocenters. The van der Waals surface area contributed by atoms with Crippen LogP contribution in [-0.2, 0) is 0 Å². The Morgan fingerprint density at radius 1 is 1.14 bits per heavy atom. The van der Waals surface area contributed by atoms with Crippen molar-refractivity contribution in [2.75, 3.05) is 13.2 Å². The lowest BCUT2D eigenvalue weighted by molar-refractivity contribution is 0.0938. The molecule has 0 fully saturated rings. The number of nitrogens with one attached hydrogen (secondary N) is 1. The second-order valence-electron chi connectivity index (χ2n) is 4.14. The third-order valence-corrected chi connectivity index (χ3v) is 2.59. The molecule has 1 N–H and O–H groups in total. The van der Waals surface area contributed by atoms with E-state index in [1.807, 2.05) is 0 Å². The highest BCUT2D eigenvalue weighted by molar-refractivity contribution is 5.94. The van der Waals surface area contributed by atoms with Crippen molar-refractivity contribution < 1.29 is 27.1 Å². The zero-order valence-corrected chi connectivity index (χ0v) is 11.1. The van der Waals surface area contributed by atoms with Crippen LogP contribution in [-0.4, -0.2) is 24.0 Å². The van der Waals surface area contributed by atoms with Crippen LogP contribution in [0.5, 0.6) is 5.88 Å². The smallest absolute Gasteiger partial charge is 0.257 e. The van der Waals surface area contributed by atoms with E-state index < -0.39 is 40.6 Å². The van der Waals surface area contributed by atoms with Crippen LogP contribution >= 0.6 is 0 Å². The Balaban J connectivity index is 1.87. The van der Waals surface area contributed by atoms with Gasteiger partial charge in [-0.2, -0.15) is 0 Å². The average molecular weight is 314 g/mol. The normalized spacial score (nSPS) is 10.4. The number of ether oxygens (including phenoxy) is 1. The van der Waals surface area contributed by atoms with Crippen LogP contribution in [0.3, 0.4) is 0 Å². The largest absolute Gasteiger partial charge is 0.474 e. The van der Waals surface area contributed by atoms with Gasteiger partial charge < -0.3 is 10.1 Å². The summed E-state index contributed by atoms with van der Waals surface area (Å²) in [6.45, 7) is -0.359. The molecule has 0 radical (unpaired) electrons. The molecule has 0 aliphatic heterocycles. The second kappa shape index (κ2) is 6.88. The van der Waals surface area contributed by atoms with Gasteiger partial charge in [-0.15, -0.1) is 0 Å². The van der Waals surface area contributed by atoms with Crippen LogP contribution in [0.25, 0.3) is 0 Å². The molecular formula is C14H10F4N2O2. The molecule has 1 aromatic carbocycles. The summed E-state index contributed by atoms with van der Waals surface area (Å²) in [6.07, 6.45) is 0.770. The van der Waals surface area contributed by atoms with E-state index in [4.69, 9.17) is 4.74 Å². The summed E-state index contributed by atoms with van der Waals surface area (Å²) < 4.78 is 57.4. The highest BCUT2D eigenvalue weighted by Crippen LogP contribution is 2.13. The Labute approximate surface area is 122 Å². The lowest BCUT2D eigenvalue weighted by Gasteiger charge is -2.08. The van der Waals surface area contributed by atoms with Gasteiger partial charge in [0.05, 0.1) is 12.7 Å². The summed E-state index contributed by atoms with van der Waals surface area (Å²) in [5.74, 6) is -5.24. The maximum atomic E-state index is 13.3. The third kappa shape index (κ3) is 3.72. The molecule has 0 spiro atoms. The summed E-state index contributed by atoms with van der Waals surface area (Å²) in [5.41, 5.74) is -0.714. The molecule has 1 aromatic heterocycles. The molecule has 0 aliphatic rings. The van der Waals surface area contributed by atoms with E-state index in [9.17, 15) is 22.4 Å². The van der Waals surface area contributed by atoms with E-state index in [1.165, 1.54) is 0 Å². The summed E-state index contributed by atoms with van der Waals surface area (Å²) in [5, 5.41) is 2.21. The van der Waals surface area contributed by atoms with Crippen molar-refractivity contribution >= 4 is 5.91 Å². The van der Waals surface area contributed by atoms with E-state index >= 15 is 0 Å². The first-order valence-electron chi connectivity index (χ1n) is 6.15. The minimum atomic E-state index is -0.996. The molecule has 0 aliphatic carbocycles. The van der Waals surface area contributed by atoms with Crippen LogP contribution in [0.4, 0.5) is 17.6 Å². The van der Waals surface area contributed by atoms with Crippen molar-refractivity contribution in [1.29, 1.82) is 0 Å². The van der Waals surface area contributed by atoms with Gasteiger partial charge in [0.1, 0.15) is 29.6 Å². The molecule has 0 bridgehead atoms. The molecular weight excluding hydrogens is 304 g/mol. The number of nitrogens with zero attached hydrogens (tertiary/aromatic N) is 1. The lowest BCUT2D eigenvalue weighted by Crippen LogP contribution is -2.29. The van der Waals surface area contributed by atoms with Gasteiger partial charge in [-0.3, -0.25) is 4.79 Å². The topological polar surface area (TPSA) is 51.2 Å². The van der Waals surface area contributed by atoms with Gasteiger partial charge in [0.2, 0.25) is 0 Å². The molecule has 116 valence electrons. The lowest BCUT2D eigenvalue weighted by atomic mass is 10.2. The highest BCUT2D eigenvalue weighted by Gasteiger charge is 2.16. The molecule has 0 saturated heterocycles. The number of benzene rings is 1. The van der Waals surface area contributed by atoms with Crippen molar-refractivity contribution in [3.8, 4) is 5.88 Å². The van der Waals surface area contributed by atoms with Crippen LogP contribution in [0.15, 0.2) is 30.5 Å². The quantitative estimate of drug-likeness (QED) is 0.681. The number of rotatable bonds is 5. The Morgan fingerprint density at radius 3 is 2.45 bits per heavy atom. The Morgan fingerprint density at radius 2 is 1.82 bits per heavy atom. The Bertz CT molecular complexity index is 674. The summed E-state index contributed by atoms with van der Waals surface area (Å²) >= 11 is 0. The first-order chi connectivity index (χ1) is 10.5. The molecule has 0 atom stereocenters. The maximum Gasteiger partial charge on any atom is 0.257 e. The fourth-order valence-electron chi connectivity index (χ4n) is 1.62. The molecule has 1 heterocycles. The van der Waals surface area contributed by atoms with Crippen LogP contribution in [0.1, 0.15) is 10.4 Å². The van der Waals surface area contributed by atoms with Gasteiger partial charge >= 0.3 is 0 Å². The third-order valence-electron chi connectivity index (χ3n) is 2.59. The Kier molecular flexibility index (Phi) is 4.92. The first-order valence-corrected chi connectivity index (χ1v) is 6.15. The van der Waals surface area contributed by atoms with Gasteiger partial charge in [-0.1, -0.05) is 6.07 Å². The molecule has 8 heteroatoms. The van der Waals surface area contributed by atoms with E-state index in [2.05, 4.69) is 10.3 Å². The zero-order valence-electron chi connectivity index (χ0n) is 11.1. The number of hydrogen-bond donors (Lipinski definition) is 1. The molecule has 4 nitrogen and oxygen atoms in total. The fraction of sp³-hybridized carbons (Fsp3) is 0.143. The van der Waals surface area contributed by atoms with Crippen molar-refractivity contribution in [1.82, 2.24) is 10.3 Å². The van der Waals surface area contributed by atoms with Crippen LogP contribution in [0, 0.1) is 23.3 Å². The summed E-state index contributed by atoms with van der Waals surface area (Å²) in [4.78, 5) is 15.0. The molecule has 0 saturated carbocycles. The predicted molar refractivity (Wildman–Crippen MR) is 68.3 cm³/mol. The van der Waals surface area contributed by atoms with Crippen molar-refractivity contribution in [2.45, 2.75) is 0 Å². The highest BCUT2D eigenvalue weighted by atomic mass is 19.1. The average Bonchev–Trinajstić information content (AvgIpc) is 2.45.